The number of carbonyl (C=O) groups excluding carboxylic acids is 1. The van der Waals surface area contributed by atoms with Crippen LogP contribution in [-0.4, -0.2) is 34.9 Å². The Morgan fingerprint density at radius 1 is 1.21 bits per heavy atom. The fourth-order valence-electron chi connectivity index (χ4n) is 4.65. The summed E-state index contributed by atoms with van der Waals surface area (Å²) in [6.45, 7) is 3.59. The van der Waals surface area contributed by atoms with Gasteiger partial charge in [-0.05, 0) is 38.0 Å². The molecule has 132 valence electrons. The minimum absolute atomic E-state index is 0.0640. The second kappa shape index (κ2) is 6.87. The summed E-state index contributed by atoms with van der Waals surface area (Å²) >= 11 is 0. The lowest BCUT2D eigenvalue weighted by Gasteiger charge is -2.23. The molecule has 1 amide bonds. The molecular weight excluding hydrogens is 302 g/mol. The number of hydrogen-bond acceptors (Lipinski definition) is 3. The molecule has 3 aliphatic rings. The van der Waals surface area contributed by atoms with E-state index in [0.717, 1.165) is 49.1 Å². The van der Waals surface area contributed by atoms with Crippen molar-refractivity contribution in [3.05, 3.63) is 17.5 Å². The first-order chi connectivity index (χ1) is 11.7. The minimum Gasteiger partial charge on any atom is -0.381 e. The molecule has 1 aromatic heterocycles. The molecule has 1 aliphatic heterocycles. The molecular formula is C19H29N3O2. The Bertz CT molecular complexity index is 585. The smallest absolute Gasteiger partial charge is 0.254 e. The summed E-state index contributed by atoms with van der Waals surface area (Å²) in [6, 6.07) is 0.766. The zero-order valence-corrected chi connectivity index (χ0v) is 14.7. The summed E-state index contributed by atoms with van der Waals surface area (Å²) in [5, 5.41) is 7.75. The number of nitrogens with one attached hydrogen (secondary N) is 1. The molecule has 1 saturated heterocycles. The average Bonchev–Trinajstić information content (AvgIpc) is 3.28. The third-order valence-corrected chi connectivity index (χ3v) is 6.24. The van der Waals surface area contributed by atoms with Crippen LogP contribution in [0.4, 0.5) is 0 Å². The Kier molecular flexibility index (Phi) is 4.61. The Hall–Kier alpha value is -1.36. The number of aromatic nitrogens is 2. The zero-order valence-electron chi connectivity index (χ0n) is 14.7. The second-order valence-electron chi connectivity index (χ2n) is 7.81. The number of nitrogens with zero attached hydrogens (tertiary/aromatic N) is 2. The third-order valence-electron chi connectivity index (χ3n) is 6.24. The Morgan fingerprint density at radius 2 is 1.96 bits per heavy atom. The average molecular weight is 331 g/mol. The monoisotopic (exact) mass is 331 g/mol. The van der Waals surface area contributed by atoms with Crippen molar-refractivity contribution < 1.29 is 9.53 Å². The van der Waals surface area contributed by atoms with Crippen LogP contribution in [0.5, 0.6) is 0 Å². The molecule has 5 heteroatoms. The van der Waals surface area contributed by atoms with Gasteiger partial charge < -0.3 is 10.1 Å². The highest BCUT2D eigenvalue weighted by Gasteiger charge is 2.44. The van der Waals surface area contributed by atoms with Crippen LogP contribution in [0, 0.1) is 18.8 Å². The van der Waals surface area contributed by atoms with E-state index in [1.165, 1.54) is 38.5 Å². The first-order valence-electron chi connectivity index (χ1n) is 9.66. The maximum absolute atomic E-state index is 12.7. The Labute approximate surface area is 144 Å². The highest BCUT2D eigenvalue weighted by atomic mass is 16.5. The van der Waals surface area contributed by atoms with Crippen LogP contribution >= 0.6 is 0 Å². The summed E-state index contributed by atoms with van der Waals surface area (Å²) in [5.74, 6) is 1.63. The van der Waals surface area contributed by atoms with Gasteiger partial charge in [-0.2, -0.15) is 5.10 Å². The molecule has 3 fully saturated rings. The first kappa shape index (κ1) is 16.1. The number of amides is 1. The maximum Gasteiger partial charge on any atom is 0.254 e. The van der Waals surface area contributed by atoms with Crippen LogP contribution in [0.1, 0.15) is 73.5 Å². The van der Waals surface area contributed by atoms with Gasteiger partial charge in [0, 0.05) is 24.9 Å². The van der Waals surface area contributed by atoms with E-state index in [2.05, 4.69) is 10.4 Å². The van der Waals surface area contributed by atoms with Gasteiger partial charge in [0.25, 0.3) is 5.91 Å². The molecule has 2 saturated carbocycles. The van der Waals surface area contributed by atoms with Crippen LogP contribution < -0.4 is 5.32 Å². The molecule has 0 aromatic carbocycles. The predicted octanol–water partition coefficient (Wildman–Crippen LogP) is 3.24. The Balaban J connectivity index is 1.36. The van der Waals surface area contributed by atoms with Crippen molar-refractivity contribution >= 4 is 5.91 Å². The summed E-state index contributed by atoms with van der Waals surface area (Å²) in [6.07, 6.45) is 11.7. The van der Waals surface area contributed by atoms with Crippen molar-refractivity contribution in [2.45, 2.75) is 70.4 Å². The van der Waals surface area contributed by atoms with E-state index in [0.29, 0.717) is 12.1 Å². The van der Waals surface area contributed by atoms with Crippen molar-refractivity contribution in [1.29, 1.82) is 0 Å². The van der Waals surface area contributed by atoms with E-state index in [1.807, 2.05) is 11.6 Å². The summed E-state index contributed by atoms with van der Waals surface area (Å²) in [5.41, 5.74) is 1.74. The molecule has 2 heterocycles. The van der Waals surface area contributed by atoms with Gasteiger partial charge in [-0.15, -0.1) is 0 Å². The van der Waals surface area contributed by atoms with Gasteiger partial charge in [-0.3, -0.25) is 9.48 Å². The van der Waals surface area contributed by atoms with Crippen LogP contribution in [0.15, 0.2) is 6.20 Å². The van der Waals surface area contributed by atoms with Crippen LogP contribution in [-0.2, 0) is 4.74 Å². The van der Waals surface area contributed by atoms with Gasteiger partial charge in [0.1, 0.15) is 0 Å². The highest BCUT2D eigenvalue weighted by molar-refractivity contribution is 5.95. The van der Waals surface area contributed by atoms with E-state index >= 15 is 0 Å². The van der Waals surface area contributed by atoms with E-state index in [9.17, 15) is 4.79 Å². The predicted molar refractivity (Wildman–Crippen MR) is 92.0 cm³/mol. The fraction of sp³-hybridized carbons (Fsp3) is 0.789. The largest absolute Gasteiger partial charge is 0.381 e. The summed E-state index contributed by atoms with van der Waals surface area (Å²) in [4.78, 5) is 12.7. The van der Waals surface area contributed by atoms with Crippen LogP contribution in [0.25, 0.3) is 0 Å². The summed E-state index contributed by atoms with van der Waals surface area (Å²) in [7, 11) is 0. The van der Waals surface area contributed by atoms with Gasteiger partial charge in [0.2, 0.25) is 0 Å². The second-order valence-corrected chi connectivity index (χ2v) is 7.81. The van der Waals surface area contributed by atoms with E-state index in [4.69, 9.17) is 4.74 Å². The third kappa shape index (κ3) is 3.23. The van der Waals surface area contributed by atoms with Gasteiger partial charge in [0.15, 0.2) is 0 Å². The zero-order chi connectivity index (χ0) is 16.5. The molecule has 2 atom stereocenters. The van der Waals surface area contributed by atoms with Gasteiger partial charge >= 0.3 is 0 Å². The molecule has 2 aliphatic carbocycles. The number of ether oxygens (including phenoxy) is 1. The van der Waals surface area contributed by atoms with Gasteiger partial charge in [-0.1, -0.05) is 32.1 Å². The van der Waals surface area contributed by atoms with Crippen molar-refractivity contribution in [3.8, 4) is 0 Å². The topological polar surface area (TPSA) is 56.2 Å². The lowest BCUT2D eigenvalue weighted by Crippen LogP contribution is -2.29. The lowest BCUT2D eigenvalue weighted by molar-refractivity contribution is 0.0656. The van der Waals surface area contributed by atoms with E-state index in [1.54, 1.807) is 6.20 Å². The number of rotatable bonds is 4. The van der Waals surface area contributed by atoms with Crippen molar-refractivity contribution in [1.82, 2.24) is 15.1 Å². The molecule has 4 rings (SSSR count). The molecule has 0 radical (unpaired) electrons. The molecule has 1 aromatic rings. The molecule has 1 N–H and O–H groups in total. The number of carbonyl (C=O) groups is 1. The lowest BCUT2D eigenvalue weighted by atomic mass is 9.85. The highest BCUT2D eigenvalue weighted by Crippen LogP contribution is 2.44. The fourth-order valence-corrected chi connectivity index (χ4v) is 4.65. The molecule has 0 unspecified atom stereocenters. The maximum atomic E-state index is 12.7. The normalized spacial score (nSPS) is 28.7. The first-order valence-corrected chi connectivity index (χ1v) is 9.66. The van der Waals surface area contributed by atoms with Gasteiger partial charge in [0.05, 0.1) is 17.8 Å². The molecule has 0 spiro atoms. The van der Waals surface area contributed by atoms with Crippen LogP contribution in [0.2, 0.25) is 0 Å². The SMILES string of the molecule is Cc1c(C(=O)N[C@@H]2C[C@H]2C2CCCCC2)cnn1C1CCOCC1. The van der Waals surface area contributed by atoms with Crippen molar-refractivity contribution in [2.75, 3.05) is 13.2 Å². The minimum atomic E-state index is 0.0640. The van der Waals surface area contributed by atoms with Gasteiger partial charge in [-0.25, -0.2) is 0 Å². The number of hydrogen-bond donors (Lipinski definition) is 1. The van der Waals surface area contributed by atoms with Crippen LogP contribution in [0.3, 0.4) is 0 Å². The van der Waals surface area contributed by atoms with Crippen molar-refractivity contribution in [3.63, 3.8) is 0 Å². The quantitative estimate of drug-likeness (QED) is 0.921. The van der Waals surface area contributed by atoms with Crippen molar-refractivity contribution in [2.24, 2.45) is 11.8 Å². The molecule has 24 heavy (non-hydrogen) atoms. The standard InChI is InChI=1S/C19H29N3O2/c1-13-17(12-20-22(13)15-7-9-24-10-8-15)19(23)21-18-11-16(18)14-5-3-2-4-6-14/h12,14-16,18H,2-11H2,1H3,(H,21,23)/t16-,18+/m0/s1. The van der Waals surface area contributed by atoms with E-state index in [-0.39, 0.29) is 5.91 Å². The molecule has 0 bridgehead atoms. The van der Waals surface area contributed by atoms with E-state index < -0.39 is 0 Å². The molecule has 5 nitrogen and oxygen atoms in total. The Morgan fingerprint density at radius 3 is 2.71 bits per heavy atom. The summed E-state index contributed by atoms with van der Waals surface area (Å²) < 4.78 is 7.46.